The van der Waals surface area contributed by atoms with Crippen LogP contribution in [0.15, 0.2) is 46.9 Å². The Balaban J connectivity index is 2.59. The SMILES string of the molecule is CCOC(=O)C(c1ccc(Br)cc1)c1cccc(F)c1C#N. The first-order chi connectivity index (χ1) is 10.6. The van der Waals surface area contributed by atoms with Crippen LogP contribution in [0, 0.1) is 17.1 Å². The van der Waals surface area contributed by atoms with Crippen molar-refractivity contribution in [3.8, 4) is 6.07 Å². The van der Waals surface area contributed by atoms with Crippen LogP contribution >= 0.6 is 15.9 Å². The van der Waals surface area contributed by atoms with Gasteiger partial charge in [0.15, 0.2) is 0 Å². The quantitative estimate of drug-likeness (QED) is 0.768. The Hall–Kier alpha value is -2.19. The molecule has 0 saturated heterocycles. The molecule has 5 heteroatoms. The summed E-state index contributed by atoms with van der Waals surface area (Å²) in [4.78, 5) is 12.3. The smallest absolute Gasteiger partial charge is 0.317 e. The summed E-state index contributed by atoms with van der Waals surface area (Å²) in [5, 5.41) is 9.20. The van der Waals surface area contributed by atoms with Crippen LogP contribution in [-0.4, -0.2) is 12.6 Å². The molecule has 0 fully saturated rings. The van der Waals surface area contributed by atoms with Gasteiger partial charge in [0, 0.05) is 4.47 Å². The number of carbonyl (C=O) groups is 1. The van der Waals surface area contributed by atoms with E-state index in [1.54, 1.807) is 37.3 Å². The van der Waals surface area contributed by atoms with Crippen LogP contribution in [0.3, 0.4) is 0 Å². The highest BCUT2D eigenvalue weighted by Gasteiger charge is 2.27. The van der Waals surface area contributed by atoms with Gasteiger partial charge >= 0.3 is 5.97 Å². The molecule has 1 atom stereocenters. The van der Waals surface area contributed by atoms with Gasteiger partial charge in [0.05, 0.1) is 12.2 Å². The summed E-state index contributed by atoms with van der Waals surface area (Å²) in [7, 11) is 0. The number of nitrogens with zero attached hydrogens (tertiary/aromatic N) is 1. The third-order valence-electron chi connectivity index (χ3n) is 3.19. The number of rotatable bonds is 4. The van der Waals surface area contributed by atoms with Crippen molar-refractivity contribution in [1.82, 2.24) is 0 Å². The number of nitriles is 1. The second-order valence-electron chi connectivity index (χ2n) is 4.55. The number of hydrogen-bond donors (Lipinski definition) is 0. The fourth-order valence-corrected chi connectivity index (χ4v) is 2.49. The Morgan fingerprint density at radius 2 is 2.00 bits per heavy atom. The number of hydrogen-bond acceptors (Lipinski definition) is 3. The van der Waals surface area contributed by atoms with Crippen LogP contribution < -0.4 is 0 Å². The zero-order chi connectivity index (χ0) is 16.1. The van der Waals surface area contributed by atoms with Crippen LogP contribution in [0.1, 0.15) is 29.5 Å². The molecule has 0 aliphatic heterocycles. The third kappa shape index (κ3) is 3.34. The summed E-state index contributed by atoms with van der Waals surface area (Å²) < 4.78 is 19.8. The molecular weight excluding hydrogens is 349 g/mol. The van der Waals surface area contributed by atoms with Gasteiger partial charge in [-0.1, -0.05) is 40.2 Å². The van der Waals surface area contributed by atoms with E-state index in [1.165, 1.54) is 12.1 Å². The van der Waals surface area contributed by atoms with E-state index in [0.717, 1.165) is 4.47 Å². The number of halogens is 2. The molecule has 2 rings (SSSR count). The van der Waals surface area contributed by atoms with E-state index in [1.807, 2.05) is 6.07 Å². The number of esters is 1. The van der Waals surface area contributed by atoms with Gasteiger partial charge in [-0.15, -0.1) is 0 Å². The largest absolute Gasteiger partial charge is 0.465 e. The summed E-state index contributed by atoms with van der Waals surface area (Å²) in [6, 6.07) is 13.2. The molecule has 0 aliphatic carbocycles. The number of carbonyl (C=O) groups excluding carboxylic acids is 1. The molecule has 0 bridgehead atoms. The lowest BCUT2D eigenvalue weighted by Gasteiger charge is -2.18. The molecule has 2 aromatic carbocycles. The van der Waals surface area contributed by atoms with Gasteiger partial charge in [0.25, 0.3) is 0 Å². The van der Waals surface area contributed by atoms with E-state index in [2.05, 4.69) is 15.9 Å². The van der Waals surface area contributed by atoms with Crippen molar-refractivity contribution in [2.75, 3.05) is 6.61 Å². The number of benzene rings is 2. The molecule has 0 heterocycles. The predicted molar refractivity (Wildman–Crippen MR) is 83.7 cm³/mol. The fraction of sp³-hybridized carbons (Fsp3) is 0.176. The maximum Gasteiger partial charge on any atom is 0.317 e. The standard InChI is InChI=1S/C17H13BrFNO2/c1-2-22-17(21)16(11-6-8-12(18)9-7-11)13-4-3-5-15(19)14(13)10-20/h3-9,16H,2H2,1H3. The zero-order valence-corrected chi connectivity index (χ0v) is 13.4. The van der Waals surface area contributed by atoms with Gasteiger partial charge in [0.2, 0.25) is 0 Å². The minimum atomic E-state index is -0.835. The summed E-state index contributed by atoms with van der Waals surface area (Å²) in [5.41, 5.74) is 0.815. The van der Waals surface area contributed by atoms with Crippen molar-refractivity contribution >= 4 is 21.9 Å². The van der Waals surface area contributed by atoms with E-state index in [0.29, 0.717) is 11.1 Å². The van der Waals surface area contributed by atoms with E-state index in [9.17, 15) is 14.4 Å². The first-order valence-corrected chi connectivity index (χ1v) is 7.48. The molecule has 0 saturated carbocycles. The Bertz CT molecular complexity index is 722. The fourth-order valence-electron chi connectivity index (χ4n) is 2.22. The van der Waals surface area contributed by atoms with E-state index < -0.39 is 17.7 Å². The average molecular weight is 362 g/mol. The first kappa shape index (κ1) is 16.2. The van der Waals surface area contributed by atoms with Crippen LogP contribution in [-0.2, 0) is 9.53 Å². The molecule has 0 amide bonds. The maximum absolute atomic E-state index is 13.9. The molecule has 22 heavy (non-hydrogen) atoms. The van der Waals surface area contributed by atoms with Crippen molar-refractivity contribution in [1.29, 1.82) is 5.26 Å². The summed E-state index contributed by atoms with van der Waals surface area (Å²) in [6.07, 6.45) is 0. The van der Waals surface area contributed by atoms with E-state index in [4.69, 9.17) is 4.74 Å². The molecule has 1 unspecified atom stereocenters. The zero-order valence-electron chi connectivity index (χ0n) is 11.8. The topological polar surface area (TPSA) is 50.1 Å². The normalized spacial score (nSPS) is 11.5. The van der Waals surface area contributed by atoms with Crippen molar-refractivity contribution in [3.05, 3.63) is 69.4 Å². The van der Waals surface area contributed by atoms with E-state index >= 15 is 0 Å². The second kappa shape index (κ2) is 7.19. The molecule has 2 aromatic rings. The third-order valence-corrected chi connectivity index (χ3v) is 3.72. The lowest BCUT2D eigenvalue weighted by atomic mass is 9.88. The maximum atomic E-state index is 13.9. The Kier molecular flexibility index (Phi) is 5.29. The summed E-state index contributed by atoms with van der Waals surface area (Å²) in [6.45, 7) is 1.91. The minimum Gasteiger partial charge on any atom is -0.465 e. The van der Waals surface area contributed by atoms with Crippen molar-refractivity contribution in [3.63, 3.8) is 0 Å². The van der Waals surface area contributed by atoms with Gasteiger partial charge in [-0.25, -0.2) is 4.39 Å². The van der Waals surface area contributed by atoms with Gasteiger partial charge < -0.3 is 4.74 Å². The van der Waals surface area contributed by atoms with Crippen molar-refractivity contribution in [2.24, 2.45) is 0 Å². The lowest BCUT2D eigenvalue weighted by molar-refractivity contribution is -0.143. The van der Waals surface area contributed by atoms with Crippen LogP contribution in [0.2, 0.25) is 0 Å². The van der Waals surface area contributed by atoms with Crippen LogP contribution in [0.5, 0.6) is 0 Å². The van der Waals surface area contributed by atoms with Crippen molar-refractivity contribution < 1.29 is 13.9 Å². The summed E-state index contributed by atoms with van der Waals surface area (Å²) in [5.74, 6) is -1.99. The number of ether oxygens (including phenoxy) is 1. The molecule has 3 nitrogen and oxygen atoms in total. The highest BCUT2D eigenvalue weighted by molar-refractivity contribution is 9.10. The highest BCUT2D eigenvalue weighted by Crippen LogP contribution is 2.30. The predicted octanol–water partition coefficient (Wildman–Crippen LogP) is 4.15. The summed E-state index contributed by atoms with van der Waals surface area (Å²) >= 11 is 3.33. The van der Waals surface area contributed by atoms with Crippen LogP contribution in [0.4, 0.5) is 4.39 Å². The molecular formula is C17H13BrFNO2. The molecule has 0 N–H and O–H groups in total. The lowest BCUT2D eigenvalue weighted by Crippen LogP contribution is -2.18. The van der Waals surface area contributed by atoms with Gasteiger partial charge in [0.1, 0.15) is 17.8 Å². The molecule has 0 radical (unpaired) electrons. The minimum absolute atomic E-state index is 0.136. The van der Waals surface area contributed by atoms with E-state index in [-0.39, 0.29) is 12.2 Å². The Labute approximate surface area is 136 Å². The Morgan fingerprint density at radius 1 is 1.32 bits per heavy atom. The van der Waals surface area contributed by atoms with Crippen LogP contribution in [0.25, 0.3) is 0 Å². The monoisotopic (exact) mass is 361 g/mol. The van der Waals surface area contributed by atoms with Gasteiger partial charge in [-0.2, -0.15) is 5.26 Å². The molecule has 0 aliphatic rings. The average Bonchev–Trinajstić information content (AvgIpc) is 2.50. The highest BCUT2D eigenvalue weighted by atomic mass is 79.9. The van der Waals surface area contributed by atoms with Gasteiger partial charge in [-0.05, 0) is 36.2 Å². The second-order valence-corrected chi connectivity index (χ2v) is 5.47. The van der Waals surface area contributed by atoms with Crippen molar-refractivity contribution in [2.45, 2.75) is 12.8 Å². The van der Waals surface area contributed by atoms with Gasteiger partial charge in [-0.3, -0.25) is 4.79 Å². The Morgan fingerprint density at radius 3 is 2.59 bits per heavy atom. The first-order valence-electron chi connectivity index (χ1n) is 6.69. The molecule has 0 aromatic heterocycles. The molecule has 112 valence electrons. The molecule has 0 spiro atoms.